The minimum atomic E-state index is 0.0606. The first-order valence-corrected chi connectivity index (χ1v) is 8.11. The molecule has 2 heterocycles. The molecule has 1 aliphatic heterocycles. The summed E-state index contributed by atoms with van der Waals surface area (Å²) in [6, 6.07) is 0. The molecule has 1 fully saturated rings. The van der Waals surface area contributed by atoms with Gasteiger partial charge in [-0.2, -0.15) is 0 Å². The highest BCUT2D eigenvalue weighted by Crippen LogP contribution is 2.15. The molecule has 1 aromatic rings. The molecule has 0 aromatic carbocycles. The van der Waals surface area contributed by atoms with Crippen LogP contribution in [0, 0.1) is 5.92 Å². The van der Waals surface area contributed by atoms with Crippen LogP contribution in [0.15, 0.2) is 5.38 Å². The Balaban J connectivity index is 1.70. The van der Waals surface area contributed by atoms with E-state index in [4.69, 9.17) is 11.6 Å². The predicted octanol–water partition coefficient (Wildman–Crippen LogP) is 1.88. The number of alkyl halides is 1. The van der Waals surface area contributed by atoms with E-state index in [9.17, 15) is 4.79 Å². The van der Waals surface area contributed by atoms with E-state index in [0.29, 0.717) is 18.2 Å². The summed E-state index contributed by atoms with van der Waals surface area (Å²) in [7, 11) is 0. The fourth-order valence-corrected chi connectivity index (χ4v) is 3.34. The number of halogens is 1. The Bertz CT molecular complexity index is 424. The van der Waals surface area contributed by atoms with Crippen LogP contribution in [-0.4, -0.2) is 42.0 Å². The van der Waals surface area contributed by atoms with Gasteiger partial charge < -0.3 is 10.2 Å². The Kier molecular flexibility index (Phi) is 5.60. The zero-order valence-corrected chi connectivity index (χ0v) is 12.8. The summed E-state index contributed by atoms with van der Waals surface area (Å²) >= 11 is 7.19. The first kappa shape index (κ1) is 14.8. The first-order chi connectivity index (χ1) is 9.21. The van der Waals surface area contributed by atoms with Gasteiger partial charge in [0.05, 0.1) is 18.0 Å². The maximum atomic E-state index is 11.8. The van der Waals surface area contributed by atoms with Crippen LogP contribution < -0.4 is 5.32 Å². The Morgan fingerprint density at radius 2 is 2.53 bits per heavy atom. The van der Waals surface area contributed by atoms with Gasteiger partial charge in [0.1, 0.15) is 5.01 Å². The summed E-state index contributed by atoms with van der Waals surface area (Å²) in [5.41, 5.74) is 0.851. The minimum absolute atomic E-state index is 0.0606. The van der Waals surface area contributed by atoms with Crippen LogP contribution in [0.1, 0.15) is 24.0 Å². The van der Waals surface area contributed by atoms with E-state index in [1.807, 2.05) is 5.38 Å². The molecular weight excluding hydrogens is 282 g/mol. The number of rotatable bonds is 6. The molecule has 1 unspecified atom stereocenters. The summed E-state index contributed by atoms with van der Waals surface area (Å²) in [5.74, 6) is 1.07. The maximum Gasteiger partial charge on any atom is 0.226 e. The topological polar surface area (TPSA) is 45.2 Å². The van der Waals surface area contributed by atoms with Gasteiger partial charge >= 0.3 is 0 Å². The fourth-order valence-electron chi connectivity index (χ4n) is 2.32. The summed E-state index contributed by atoms with van der Waals surface area (Å²) < 4.78 is 0. The molecule has 0 bridgehead atoms. The van der Waals surface area contributed by atoms with E-state index in [1.165, 1.54) is 17.8 Å². The zero-order valence-electron chi connectivity index (χ0n) is 11.2. The molecule has 1 aromatic heterocycles. The van der Waals surface area contributed by atoms with Crippen molar-refractivity contribution in [3.05, 3.63) is 16.1 Å². The van der Waals surface area contributed by atoms with Crippen LogP contribution >= 0.6 is 22.9 Å². The van der Waals surface area contributed by atoms with Crippen molar-refractivity contribution in [1.29, 1.82) is 0 Å². The van der Waals surface area contributed by atoms with Crippen LogP contribution in [0.2, 0.25) is 0 Å². The highest BCUT2D eigenvalue weighted by molar-refractivity contribution is 7.09. The van der Waals surface area contributed by atoms with E-state index in [1.54, 1.807) is 0 Å². The third-order valence-corrected chi connectivity index (χ3v) is 4.62. The lowest BCUT2D eigenvalue weighted by atomic mass is 10.1. The average molecular weight is 302 g/mol. The molecule has 6 heteroatoms. The number of likely N-dealkylation sites (tertiary alicyclic amines) is 1. The Morgan fingerprint density at radius 3 is 3.16 bits per heavy atom. The zero-order chi connectivity index (χ0) is 13.7. The molecule has 1 atom stereocenters. The molecule has 0 spiro atoms. The van der Waals surface area contributed by atoms with E-state index in [2.05, 4.69) is 22.1 Å². The van der Waals surface area contributed by atoms with Crippen molar-refractivity contribution < 1.29 is 4.79 Å². The number of aromatic nitrogens is 1. The predicted molar refractivity (Wildman–Crippen MR) is 78.6 cm³/mol. The molecule has 0 radical (unpaired) electrons. The number of nitrogens with zero attached hydrogens (tertiary/aromatic N) is 2. The molecule has 2 rings (SSSR count). The van der Waals surface area contributed by atoms with Crippen molar-refractivity contribution in [3.63, 3.8) is 0 Å². The summed E-state index contributed by atoms with van der Waals surface area (Å²) in [5, 5.41) is 5.76. The lowest BCUT2D eigenvalue weighted by Crippen LogP contribution is -2.32. The number of hydrogen-bond donors (Lipinski definition) is 1. The van der Waals surface area contributed by atoms with E-state index in [-0.39, 0.29) is 5.91 Å². The van der Waals surface area contributed by atoms with Gasteiger partial charge in [0.25, 0.3) is 0 Å². The third kappa shape index (κ3) is 4.44. The smallest absolute Gasteiger partial charge is 0.226 e. The van der Waals surface area contributed by atoms with Crippen LogP contribution in [0.4, 0.5) is 0 Å². The molecule has 19 heavy (non-hydrogen) atoms. The van der Waals surface area contributed by atoms with Crippen molar-refractivity contribution in [3.8, 4) is 0 Å². The quantitative estimate of drug-likeness (QED) is 0.816. The van der Waals surface area contributed by atoms with Crippen molar-refractivity contribution in [2.45, 2.75) is 25.6 Å². The normalized spacial score (nSPS) is 19.8. The van der Waals surface area contributed by atoms with Crippen molar-refractivity contribution in [1.82, 2.24) is 15.2 Å². The van der Waals surface area contributed by atoms with Gasteiger partial charge in [-0.25, -0.2) is 4.98 Å². The molecule has 0 aliphatic carbocycles. The van der Waals surface area contributed by atoms with E-state index >= 15 is 0 Å². The fraction of sp³-hybridized carbons (Fsp3) is 0.692. The number of carbonyl (C=O) groups is 1. The molecule has 1 N–H and O–H groups in total. The second-order valence-corrected chi connectivity index (χ2v) is 6.10. The maximum absolute atomic E-state index is 11.8. The van der Waals surface area contributed by atoms with Gasteiger partial charge in [0, 0.05) is 18.5 Å². The first-order valence-electron chi connectivity index (χ1n) is 6.69. The van der Waals surface area contributed by atoms with Crippen LogP contribution in [0.5, 0.6) is 0 Å². The molecule has 4 nitrogen and oxygen atoms in total. The number of thiazole rings is 1. The second kappa shape index (κ2) is 7.22. The largest absolute Gasteiger partial charge is 0.355 e. The number of nitrogens with one attached hydrogen (secondary N) is 1. The number of amides is 1. The van der Waals surface area contributed by atoms with Crippen LogP contribution in [0.25, 0.3) is 0 Å². The van der Waals surface area contributed by atoms with Gasteiger partial charge in [-0.3, -0.25) is 4.79 Å². The monoisotopic (exact) mass is 301 g/mol. The van der Waals surface area contributed by atoms with Crippen LogP contribution in [0.3, 0.4) is 0 Å². The summed E-state index contributed by atoms with van der Waals surface area (Å²) in [6.45, 7) is 6.32. The highest BCUT2D eigenvalue weighted by atomic mass is 35.5. The Morgan fingerprint density at radius 1 is 1.68 bits per heavy atom. The number of hydrogen-bond acceptors (Lipinski definition) is 4. The molecule has 1 saturated heterocycles. The molecule has 106 valence electrons. The molecule has 1 aliphatic rings. The van der Waals surface area contributed by atoms with Gasteiger partial charge in [0.15, 0.2) is 0 Å². The lowest BCUT2D eigenvalue weighted by molar-refractivity contribution is -0.120. The highest BCUT2D eigenvalue weighted by Gasteiger charge is 2.21. The molecular formula is C13H20ClN3OS. The summed E-state index contributed by atoms with van der Waals surface area (Å²) in [4.78, 5) is 18.5. The van der Waals surface area contributed by atoms with Gasteiger partial charge in [-0.1, -0.05) is 6.92 Å². The van der Waals surface area contributed by atoms with Crippen LogP contribution in [-0.2, 0) is 17.1 Å². The van der Waals surface area contributed by atoms with Gasteiger partial charge in [-0.15, -0.1) is 22.9 Å². The second-order valence-electron chi connectivity index (χ2n) is 4.89. The molecule has 0 saturated carbocycles. The van der Waals surface area contributed by atoms with E-state index in [0.717, 1.165) is 36.9 Å². The number of carbonyl (C=O) groups excluding carboxylic acids is 1. The van der Waals surface area contributed by atoms with Crippen molar-refractivity contribution in [2.75, 3.05) is 26.2 Å². The van der Waals surface area contributed by atoms with Crippen molar-refractivity contribution in [2.24, 2.45) is 5.92 Å². The van der Waals surface area contributed by atoms with E-state index < -0.39 is 0 Å². The van der Waals surface area contributed by atoms with Gasteiger partial charge in [0.2, 0.25) is 5.91 Å². The van der Waals surface area contributed by atoms with Gasteiger partial charge in [-0.05, 0) is 25.4 Å². The third-order valence-electron chi connectivity index (χ3n) is 3.45. The summed E-state index contributed by atoms with van der Waals surface area (Å²) in [6.07, 6.45) is 1.55. The Labute approximate surface area is 123 Å². The molecule has 1 amide bonds. The minimum Gasteiger partial charge on any atom is -0.355 e. The standard InChI is InChI=1S/C13H20ClN3OS/c1-2-17-4-3-10(8-17)7-15-12(18)5-13-16-11(6-14)9-19-13/h9-10H,2-8H2,1H3,(H,15,18). The lowest BCUT2D eigenvalue weighted by Gasteiger charge is -2.13. The Hall–Kier alpha value is -0.650. The average Bonchev–Trinajstić information content (AvgIpc) is 3.04. The SMILES string of the molecule is CCN1CCC(CNC(=O)Cc2nc(CCl)cs2)C1. The van der Waals surface area contributed by atoms with Crippen molar-refractivity contribution >= 4 is 28.8 Å².